The van der Waals surface area contributed by atoms with Gasteiger partial charge in [0.25, 0.3) is 5.91 Å². The Kier molecular flexibility index (Phi) is 6.55. The van der Waals surface area contributed by atoms with E-state index in [1.165, 1.54) is 0 Å². The van der Waals surface area contributed by atoms with Gasteiger partial charge in [0.05, 0.1) is 0 Å². The van der Waals surface area contributed by atoms with Crippen molar-refractivity contribution >= 4 is 17.6 Å². The maximum Gasteiger partial charge on any atom is 0.319 e. The zero-order valence-corrected chi connectivity index (χ0v) is 15.2. The van der Waals surface area contributed by atoms with Crippen molar-refractivity contribution in [3.8, 4) is 0 Å². The lowest BCUT2D eigenvalue weighted by Gasteiger charge is -2.25. The molecule has 0 heterocycles. The maximum absolute atomic E-state index is 12.1. The molecule has 26 heavy (non-hydrogen) atoms. The Morgan fingerprint density at radius 3 is 2.27 bits per heavy atom. The monoisotopic (exact) mass is 351 g/mol. The Bertz CT molecular complexity index is 753. The van der Waals surface area contributed by atoms with Crippen molar-refractivity contribution in [2.45, 2.75) is 19.3 Å². The van der Waals surface area contributed by atoms with Crippen LogP contribution in [0.3, 0.4) is 0 Å². The molecule has 0 aliphatic heterocycles. The zero-order valence-electron chi connectivity index (χ0n) is 15.2. The minimum absolute atomic E-state index is 0.175. The van der Waals surface area contributed by atoms with Gasteiger partial charge in [-0.2, -0.15) is 0 Å². The van der Waals surface area contributed by atoms with Gasteiger partial charge in [-0.3, -0.25) is 4.79 Å². The molecule has 2 rings (SSSR count). The van der Waals surface area contributed by atoms with Crippen molar-refractivity contribution in [2.75, 3.05) is 18.4 Å². The lowest BCUT2D eigenvalue weighted by atomic mass is 9.85. The summed E-state index contributed by atoms with van der Waals surface area (Å²) in [5, 5.41) is 8.38. The predicted octanol–water partition coefficient (Wildman–Crippen LogP) is 3.70. The zero-order chi connectivity index (χ0) is 19.0. The van der Waals surface area contributed by atoms with Crippen molar-refractivity contribution in [2.24, 2.45) is 0 Å². The largest absolute Gasteiger partial charge is 0.349 e. The van der Waals surface area contributed by atoms with E-state index in [9.17, 15) is 9.59 Å². The van der Waals surface area contributed by atoms with Gasteiger partial charge in [-0.25, -0.2) is 4.79 Å². The van der Waals surface area contributed by atoms with E-state index < -0.39 is 0 Å². The number of anilines is 1. The number of benzene rings is 2. The molecule has 0 atom stereocenters. The van der Waals surface area contributed by atoms with Crippen LogP contribution in [0.4, 0.5) is 10.5 Å². The van der Waals surface area contributed by atoms with Crippen molar-refractivity contribution in [3.63, 3.8) is 0 Å². The standard InChI is InChI=1S/C21H25N3O2/c1-4-14-22-19(25)16-10-12-18(13-11-16)24-20(26)23-15-21(2,3)17-8-6-5-7-9-17/h4-13H,1,14-15H2,2-3H3,(H,22,25)(H2,23,24,26). The highest BCUT2D eigenvalue weighted by Crippen LogP contribution is 2.21. The van der Waals surface area contributed by atoms with Crippen LogP contribution in [0.2, 0.25) is 0 Å². The highest BCUT2D eigenvalue weighted by atomic mass is 16.2. The smallest absolute Gasteiger partial charge is 0.319 e. The van der Waals surface area contributed by atoms with Crippen molar-refractivity contribution in [1.29, 1.82) is 0 Å². The van der Waals surface area contributed by atoms with Crippen LogP contribution in [0.25, 0.3) is 0 Å². The molecule has 2 aromatic rings. The van der Waals surface area contributed by atoms with Crippen LogP contribution < -0.4 is 16.0 Å². The number of hydrogen-bond donors (Lipinski definition) is 3. The molecule has 5 heteroatoms. The molecule has 0 saturated carbocycles. The molecule has 0 aliphatic carbocycles. The molecule has 0 radical (unpaired) electrons. The summed E-state index contributed by atoms with van der Waals surface area (Å²) in [6.45, 7) is 8.64. The molecule has 0 unspecified atom stereocenters. The molecule has 0 fully saturated rings. The molecular weight excluding hydrogens is 326 g/mol. The van der Waals surface area contributed by atoms with Crippen LogP contribution >= 0.6 is 0 Å². The third-order valence-electron chi connectivity index (χ3n) is 4.06. The minimum Gasteiger partial charge on any atom is -0.349 e. The highest BCUT2D eigenvalue weighted by Gasteiger charge is 2.21. The first-order valence-electron chi connectivity index (χ1n) is 8.52. The number of urea groups is 1. The number of carbonyl (C=O) groups excluding carboxylic acids is 2. The molecule has 0 bridgehead atoms. The average molecular weight is 351 g/mol. The van der Waals surface area contributed by atoms with Crippen molar-refractivity contribution in [1.82, 2.24) is 10.6 Å². The summed E-state index contributed by atoms with van der Waals surface area (Å²) < 4.78 is 0. The fourth-order valence-corrected chi connectivity index (χ4v) is 2.44. The van der Waals surface area contributed by atoms with Crippen molar-refractivity contribution in [3.05, 3.63) is 78.4 Å². The normalized spacial score (nSPS) is 10.7. The van der Waals surface area contributed by atoms with Crippen LogP contribution in [-0.2, 0) is 5.41 Å². The maximum atomic E-state index is 12.1. The van der Waals surface area contributed by atoms with Crippen LogP contribution in [0.15, 0.2) is 67.3 Å². The number of rotatable bonds is 7. The fourth-order valence-electron chi connectivity index (χ4n) is 2.44. The van der Waals surface area contributed by atoms with E-state index >= 15 is 0 Å². The number of hydrogen-bond acceptors (Lipinski definition) is 2. The molecule has 136 valence electrons. The first kappa shape index (κ1) is 19.2. The second-order valence-corrected chi connectivity index (χ2v) is 6.63. The first-order chi connectivity index (χ1) is 12.4. The molecule has 5 nitrogen and oxygen atoms in total. The Balaban J connectivity index is 1.88. The van der Waals surface area contributed by atoms with E-state index in [-0.39, 0.29) is 17.4 Å². The third-order valence-corrected chi connectivity index (χ3v) is 4.06. The van der Waals surface area contributed by atoms with Gasteiger partial charge in [0, 0.05) is 29.8 Å². The van der Waals surface area contributed by atoms with E-state index in [0.29, 0.717) is 24.3 Å². The van der Waals surface area contributed by atoms with Crippen LogP contribution in [0, 0.1) is 0 Å². The van der Waals surface area contributed by atoms with Gasteiger partial charge in [-0.15, -0.1) is 6.58 Å². The lowest BCUT2D eigenvalue weighted by molar-refractivity contribution is 0.0958. The van der Waals surface area contributed by atoms with Crippen LogP contribution in [-0.4, -0.2) is 25.0 Å². The molecule has 0 aliphatic rings. The average Bonchev–Trinajstić information content (AvgIpc) is 2.66. The van der Waals surface area contributed by atoms with Crippen LogP contribution in [0.1, 0.15) is 29.8 Å². The number of nitrogens with one attached hydrogen (secondary N) is 3. The van der Waals surface area contributed by atoms with Crippen LogP contribution in [0.5, 0.6) is 0 Å². The second-order valence-electron chi connectivity index (χ2n) is 6.63. The van der Waals surface area contributed by atoms with Gasteiger partial charge in [0.1, 0.15) is 0 Å². The summed E-state index contributed by atoms with van der Waals surface area (Å²) in [5.74, 6) is -0.175. The highest BCUT2D eigenvalue weighted by molar-refractivity contribution is 5.95. The van der Waals surface area contributed by atoms with E-state index in [4.69, 9.17) is 0 Å². The summed E-state index contributed by atoms with van der Waals surface area (Å²) in [6, 6.07) is 16.5. The fraction of sp³-hybridized carbons (Fsp3) is 0.238. The van der Waals surface area contributed by atoms with Gasteiger partial charge in [0.15, 0.2) is 0 Å². The molecule has 3 N–H and O–H groups in total. The number of carbonyl (C=O) groups is 2. The SMILES string of the molecule is C=CCNC(=O)c1ccc(NC(=O)NCC(C)(C)c2ccccc2)cc1. The van der Waals surface area contributed by atoms with Crippen molar-refractivity contribution < 1.29 is 9.59 Å². The Morgan fingerprint density at radius 1 is 1.00 bits per heavy atom. The molecular formula is C21H25N3O2. The predicted molar refractivity (Wildman–Crippen MR) is 105 cm³/mol. The minimum atomic E-state index is -0.280. The van der Waals surface area contributed by atoms with Gasteiger partial charge in [0.2, 0.25) is 0 Å². The Morgan fingerprint density at radius 2 is 1.65 bits per heavy atom. The summed E-state index contributed by atoms with van der Waals surface area (Å²) in [4.78, 5) is 24.0. The third kappa shape index (κ3) is 5.48. The molecule has 3 amide bonds. The van der Waals surface area contributed by atoms with Gasteiger partial charge >= 0.3 is 6.03 Å². The van der Waals surface area contributed by atoms with Gasteiger partial charge in [-0.05, 0) is 29.8 Å². The number of amides is 3. The quantitative estimate of drug-likeness (QED) is 0.666. The van der Waals surface area contributed by atoms with Gasteiger partial charge in [-0.1, -0.05) is 50.3 Å². The summed E-state index contributed by atoms with van der Waals surface area (Å²) in [6.07, 6.45) is 1.62. The molecule has 0 saturated heterocycles. The molecule has 0 aromatic heterocycles. The van der Waals surface area contributed by atoms with E-state index in [1.54, 1.807) is 30.3 Å². The molecule has 2 aromatic carbocycles. The summed E-state index contributed by atoms with van der Waals surface area (Å²) in [7, 11) is 0. The molecule has 0 spiro atoms. The first-order valence-corrected chi connectivity index (χ1v) is 8.52. The summed E-state index contributed by atoms with van der Waals surface area (Å²) in [5.41, 5.74) is 2.14. The van der Waals surface area contributed by atoms with Gasteiger partial charge < -0.3 is 16.0 Å². The van der Waals surface area contributed by atoms with E-state index in [2.05, 4.69) is 48.5 Å². The lowest BCUT2D eigenvalue weighted by Crippen LogP contribution is -2.38. The Labute approximate surface area is 154 Å². The van der Waals surface area contributed by atoms with E-state index in [1.807, 2.05) is 18.2 Å². The topological polar surface area (TPSA) is 70.2 Å². The van der Waals surface area contributed by atoms with E-state index in [0.717, 1.165) is 5.56 Å². The Hall–Kier alpha value is -3.08. The summed E-state index contributed by atoms with van der Waals surface area (Å²) >= 11 is 0. The second kappa shape index (κ2) is 8.85.